The van der Waals surface area contributed by atoms with Gasteiger partial charge in [-0.25, -0.2) is 8.78 Å². The number of nitrogens with zero attached hydrogens (tertiary/aromatic N) is 1. The normalized spacial score (nSPS) is 11.2. The average Bonchev–Trinajstić information content (AvgIpc) is 2.42. The molecule has 0 saturated carbocycles. The maximum atomic E-state index is 14.3. The third kappa shape index (κ3) is 5.25. The zero-order valence-corrected chi connectivity index (χ0v) is 13.4. The van der Waals surface area contributed by atoms with Crippen LogP contribution in [0.2, 0.25) is 0 Å². The summed E-state index contributed by atoms with van der Waals surface area (Å²) >= 11 is 0. The topological polar surface area (TPSA) is 24.5 Å². The van der Waals surface area contributed by atoms with Crippen LogP contribution in [0.4, 0.5) is 14.5 Å². The predicted molar refractivity (Wildman–Crippen MR) is 82.7 cm³/mol. The van der Waals surface area contributed by atoms with E-state index < -0.39 is 11.6 Å². The minimum Gasteiger partial charge on any atom is -0.383 e. The molecule has 0 aromatic heterocycles. The minimum atomic E-state index is -0.499. The monoisotopic (exact) mass is 300 g/mol. The van der Waals surface area contributed by atoms with E-state index in [9.17, 15) is 8.78 Å². The van der Waals surface area contributed by atoms with Crippen molar-refractivity contribution in [2.24, 2.45) is 0 Å². The zero-order valence-electron chi connectivity index (χ0n) is 13.4. The highest BCUT2D eigenvalue weighted by atomic mass is 19.1. The number of benzene rings is 1. The Hall–Kier alpha value is -1.20. The quantitative estimate of drug-likeness (QED) is 0.708. The second-order valence-electron chi connectivity index (χ2n) is 5.36. The van der Waals surface area contributed by atoms with Crippen molar-refractivity contribution in [3.05, 3.63) is 29.3 Å². The molecule has 0 fully saturated rings. The summed E-state index contributed by atoms with van der Waals surface area (Å²) in [5.74, 6) is -0.999. The second-order valence-corrected chi connectivity index (χ2v) is 5.36. The Balaban J connectivity index is 2.88. The maximum Gasteiger partial charge on any atom is 0.149 e. The van der Waals surface area contributed by atoms with Crippen molar-refractivity contribution in [2.75, 3.05) is 31.7 Å². The molecule has 0 atom stereocenters. The Morgan fingerprint density at radius 2 is 1.86 bits per heavy atom. The van der Waals surface area contributed by atoms with Crippen LogP contribution in [0.5, 0.6) is 0 Å². The third-order valence-electron chi connectivity index (χ3n) is 3.26. The van der Waals surface area contributed by atoms with E-state index in [2.05, 4.69) is 5.32 Å². The molecule has 120 valence electrons. The summed E-state index contributed by atoms with van der Waals surface area (Å²) in [6, 6.07) is 2.87. The van der Waals surface area contributed by atoms with Gasteiger partial charge in [-0.05, 0) is 38.0 Å². The van der Waals surface area contributed by atoms with Gasteiger partial charge in [0.1, 0.15) is 17.3 Å². The van der Waals surface area contributed by atoms with E-state index in [0.717, 1.165) is 6.42 Å². The molecule has 0 aliphatic rings. The summed E-state index contributed by atoms with van der Waals surface area (Å²) in [5.41, 5.74) is 0.678. The van der Waals surface area contributed by atoms with Crippen LogP contribution in [0.1, 0.15) is 32.8 Å². The fourth-order valence-corrected chi connectivity index (χ4v) is 2.27. The van der Waals surface area contributed by atoms with Gasteiger partial charge in [-0.1, -0.05) is 6.92 Å². The van der Waals surface area contributed by atoms with Crippen LogP contribution in [-0.4, -0.2) is 32.8 Å². The van der Waals surface area contributed by atoms with Crippen LogP contribution in [0.25, 0.3) is 0 Å². The van der Waals surface area contributed by atoms with Crippen molar-refractivity contribution >= 4 is 5.69 Å². The van der Waals surface area contributed by atoms with E-state index in [4.69, 9.17) is 4.74 Å². The summed E-state index contributed by atoms with van der Waals surface area (Å²) in [5, 5.41) is 3.08. The second kappa shape index (κ2) is 8.95. The molecule has 0 radical (unpaired) electrons. The molecule has 0 bridgehead atoms. The number of ether oxygens (including phenoxy) is 1. The van der Waals surface area contributed by atoms with Crippen molar-refractivity contribution in [3.8, 4) is 0 Å². The highest BCUT2D eigenvalue weighted by Crippen LogP contribution is 2.27. The van der Waals surface area contributed by atoms with Crippen LogP contribution >= 0.6 is 0 Å². The Bertz CT molecular complexity index is 415. The number of anilines is 1. The van der Waals surface area contributed by atoms with E-state index in [1.54, 1.807) is 12.0 Å². The molecule has 0 aliphatic carbocycles. The SMILES string of the molecule is CCCN(c1c(F)cc(CNCCOC)cc1F)C(C)C. The number of nitrogens with one attached hydrogen (secondary N) is 1. The van der Waals surface area contributed by atoms with Gasteiger partial charge in [0.2, 0.25) is 0 Å². The molecule has 0 saturated heterocycles. The van der Waals surface area contributed by atoms with Crippen LogP contribution in [-0.2, 0) is 11.3 Å². The molecule has 0 spiro atoms. The number of hydrogen-bond acceptors (Lipinski definition) is 3. The van der Waals surface area contributed by atoms with E-state index in [1.165, 1.54) is 12.1 Å². The summed E-state index contributed by atoms with van der Waals surface area (Å²) in [6.45, 7) is 8.16. The lowest BCUT2D eigenvalue weighted by Gasteiger charge is -2.29. The zero-order chi connectivity index (χ0) is 15.8. The lowest BCUT2D eigenvalue weighted by atomic mass is 10.1. The Morgan fingerprint density at radius 1 is 1.24 bits per heavy atom. The van der Waals surface area contributed by atoms with Crippen molar-refractivity contribution in [1.82, 2.24) is 5.32 Å². The Morgan fingerprint density at radius 3 is 2.33 bits per heavy atom. The molecule has 21 heavy (non-hydrogen) atoms. The van der Waals surface area contributed by atoms with Gasteiger partial charge in [-0.15, -0.1) is 0 Å². The van der Waals surface area contributed by atoms with Crippen LogP contribution < -0.4 is 10.2 Å². The van der Waals surface area contributed by atoms with Crippen molar-refractivity contribution in [2.45, 2.75) is 39.8 Å². The number of rotatable bonds is 9. The average molecular weight is 300 g/mol. The molecule has 0 heterocycles. The van der Waals surface area contributed by atoms with Gasteiger partial charge in [-0.2, -0.15) is 0 Å². The molecular weight excluding hydrogens is 274 g/mol. The van der Waals surface area contributed by atoms with Crippen LogP contribution in [0, 0.1) is 11.6 Å². The Kier molecular flexibility index (Phi) is 7.61. The standard InChI is InChI=1S/C16H26F2N2O/c1-5-7-20(12(2)3)16-14(17)9-13(10-15(16)18)11-19-6-8-21-4/h9-10,12,19H,5-8,11H2,1-4H3. The summed E-state index contributed by atoms with van der Waals surface area (Å²) in [6.07, 6.45) is 0.845. The highest BCUT2D eigenvalue weighted by molar-refractivity contribution is 5.51. The van der Waals surface area contributed by atoms with Gasteiger partial charge < -0.3 is 15.0 Å². The molecule has 3 nitrogen and oxygen atoms in total. The van der Waals surface area contributed by atoms with Gasteiger partial charge >= 0.3 is 0 Å². The van der Waals surface area contributed by atoms with Crippen molar-refractivity contribution < 1.29 is 13.5 Å². The van der Waals surface area contributed by atoms with Gasteiger partial charge in [-0.3, -0.25) is 0 Å². The van der Waals surface area contributed by atoms with Crippen LogP contribution in [0.15, 0.2) is 12.1 Å². The van der Waals surface area contributed by atoms with Gasteiger partial charge in [0, 0.05) is 32.8 Å². The largest absolute Gasteiger partial charge is 0.383 e. The molecule has 0 aliphatic heterocycles. The van der Waals surface area contributed by atoms with Crippen LogP contribution in [0.3, 0.4) is 0 Å². The maximum absolute atomic E-state index is 14.3. The van der Waals surface area contributed by atoms with E-state index >= 15 is 0 Å². The van der Waals surface area contributed by atoms with Crippen molar-refractivity contribution in [3.63, 3.8) is 0 Å². The first-order chi connectivity index (χ1) is 10.0. The molecule has 5 heteroatoms. The predicted octanol–water partition coefficient (Wildman–Crippen LogP) is 3.33. The molecule has 1 N–H and O–H groups in total. The number of hydrogen-bond donors (Lipinski definition) is 1. The fraction of sp³-hybridized carbons (Fsp3) is 0.625. The minimum absolute atomic E-state index is 0.0552. The van der Waals surface area contributed by atoms with Crippen molar-refractivity contribution in [1.29, 1.82) is 0 Å². The number of methoxy groups -OCH3 is 1. The molecule has 0 unspecified atom stereocenters. The first kappa shape index (κ1) is 17.9. The summed E-state index contributed by atoms with van der Waals surface area (Å²) < 4.78 is 33.5. The first-order valence-corrected chi connectivity index (χ1v) is 7.45. The van der Waals surface area contributed by atoms with E-state index in [0.29, 0.717) is 31.8 Å². The Labute approximate surface area is 126 Å². The smallest absolute Gasteiger partial charge is 0.149 e. The molecule has 1 aromatic carbocycles. The van der Waals surface area contributed by atoms with E-state index in [1.807, 2.05) is 20.8 Å². The lowest BCUT2D eigenvalue weighted by molar-refractivity contribution is 0.199. The fourth-order valence-electron chi connectivity index (χ4n) is 2.27. The molecule has 1 aromatic rings. The molecule has 0 amide bonds. The summed E-state index contributed by atoms with van der Waals surface area (Å²) in [7, 11) is 1.62. The van der Waals surface area contributed by atoms with Gasteiger partial charge in [0.05, 0.1) is 6.61 Å². The lowest BCUT2D eigenvalue weighted by Crippen LogP contribution is -2.33. The van der Waals surface area contributed by atoms with Gasteiger partial charge in [0.25, 0.3) is 0 Å². The molecule has 1 rings (SSSR count). The van der Waals surface area contributed by atoms with Gasteiger partial charge in [0.15, 0.2) is 0 Å². The van der Waals surface area contributed by atoms with E-state index in [-0.39, 0.29) is 11.7 Å². The third-order valence-corrected chi connectivity index (χ3v) is 3.26. The number of halogens is 2. The summed E-state index contributed by atoms with van der Waals surface area (Å²) in [4.78, 5) is 1.77. The molecular formula is C16H26F2N2O. The highest BCUT2D eigenvalue weighted by Gasteiger charge is 2.19. The first-order valence-electron chi connectivity index (χ1n) is 7.45.